The zero-order valence-electron chi connectivity index (χ0n) is 17.9. The Balaban J connectivity index is 1.65. The van der Waals surface area contributed by atoms with Crippen molar-refractivity contribution in [2.45, 2.75) is 24.7 Å². The van der Waals surface area contributed by atoms with Gasteiger partial charge < -0.3 is 20.1 Å². The number of methoxy groups -OCH3 is 2. The highest BCUT2D eigenvalue weighted by molar-refractivity contribution is 6.36. The highest BCUT2D eigenvalue weighted by Crippen LogP contribution is 2.44. The third kappa shape index (κ3) is 4.74. The van der Waals surface area contributed by atoms with Gasteiger partial charge in [0.25, 0.3) is 5.91 Å². The van der Waals surface area contributed by atoms with Crippen LogP contribution in [0.2, 0.25) is 10.0 Å². The second kappa shape index (κ2) is 9.27. The molecular weight excluding hydrogens is 496 g/mol. The van der Waals surface area contributed by atoms with Crippen LogP contribution in [0.5, 0.6) is 11.5 Å². The molecule has 1 aromatic heterocycles. The zero-order chi connectivity index (χ0) is 24.6. The maximum absolute atomic E-state index is 14.0. The molecule has 2 N–H and O–H groups in total. The fraction of sp³-hybridized carbons (Fsp3) is 0.273. The third-order valence-corrected chi connectivity index (χ3v) is 5.96. The Hall–Kier alpha value is -3.11. The largest absolute Gasteiger partial charge is 0.493 e. The van der Waals surface area contributed by atoms with Crippen molar-refractivity contribution in [2.24, 2.45) is 0 Å². The summed E-state index contributed by atoms with van der Waals surface area (Å²) in [6.45, 7) is 0. The lowest BCUT2D eigenvalue weighted by Gasteiger charge is -2.33. The first-order chi connectivity index (χ1) is 16.1. The molecule has 34 heavy (non-hydrogen) atoms. The summed E-state index contributed by atoms with van der Waals surface area (Å²) in [7, 11) is 2.92. The lowest BCUT2D eigenvalue weighted by molar-refractivity contribution is -0.173. The van der Waals surface area contributed by atoms with Crippen LogP contribution in [0.1, 0.15) is 34.6 Å². The van der Waals surface area contributed by atoms with E-state index in [0.29, 0.717) is 22.1 Å². The summed E-state index contributed by atoms with van der Waals surface area (Å²) in [6, 6.07) is 7.97. The van der Waals surface area contributed by atoms with Crippen molar-refractivity contribution in [3.05, 3.63) is 63.8 Å². The number of nitrogens with one attached hydrogen (secondary N) is 2. The second-order valence-electron chi connectivity index (χ2n) is 7.54. The fourth-order valence-electron chi connectivity index (χ4n) is 3.75. The molecule has 0 radical (unpaired) electrons. The number of fused-ring (bicyclic) bond motifs is 1. The lowest BCUT2D eigenvalue weighted by atomic mass is 9.96. The first-order valence-electron chi connectivity index (χ1n) is 10.0. The highest BCUT2D eigenvalue weighted by Gasteiger charge is 2.47. The molecule has 0 bridgehead atoms. The van der Waals surface area contributed by atoms with Crippen molar-refractivity contribution in [3.8, 4) is 11.5 Å². The lowest BCUT2D eigenvalue weighted by Crippen LogP contribution is -2.35. The normalized spacial score (nSPS) is 17.5. The van der Waals surface area contributed by atoms with Gasteiger partial charge in [-0.15, -0.1) is 0 Å². The van der Waals surface area contributed by atoms with E-state index >= 15 is 0 Å². The Labute approximate surface area is 202 Å². The SMILES string of the molecule is COc1ccc([C@@H]2C[C@H](C(F)(F)F)n3nc(C(=O)Nc4ccc(Cl)cc4Cl)cc3N2)cc1OC. The van der Waals surface area contributed by atoms with Crippen LogP contribution in [0, 0.1) is 0 Å². The van der Waals surface area contributed by atoms with Gasteiger partial charge in [-0.3, -0.25) is 4.79 Å². The molecule has 1 aliphatic heterocycles. The molecule has 1 amide bonds. The number of carbonyl (C=O) groups excluding carboxylic acids is 1. The van der Waals surface area contributed by atoms with Gasteiger partial charge in [-0.05, 0) is 35.9 Å². The number of halogens is 5. The molecule has 0 spiro atoms. The van der Waals surface area contributed by atoms with Gasteiger partial charge in [-0.1, -0.05) is 29.3 Å². The molecule has 4 rings (SSSR count). The van der Waals surface area contributed by atoms with E-state index in [4.69, 9.17) is 32.7 Å². The Morgan fingerprint density at radius 1 is 1.12 bits per heavy atom. The molecular formula is C22H19Cl2F3N4O3. The predicted octanol–water partition coefficient (Wildman–Crippen LogP) is 6.12. The van der Waals surface area contributed by atoms with E-state index in [9.17, 15) is 18.0 Å². The Bertz CT molecular complexity index is 1230. The van der Waals surface area contributed by atoms with Crippen molar-refractivity contribution in [2.75, 3.05) is 24.9 Å². The van der Waals surface area contributed by atoms with E-state index in [1.807, 2.05) is 0 Å². The van der Waals surface area contributed by atoms with Crippen molar-refractivity contribution in [3.63, 3.8) is 0 Å². The van der Waals surface area contributed by atoms with Crippen molar-refractivity contribution in [1.29, 1.82) is 0 Å². The average molecular weight is 515 g/mol. The number of benzene rings is 2. The van der Waals surface area contributed by atoms with Gasteiger partial charge in [0.2, 0.25) is 0 Å². The Morgan fingerprint density at radius 2 is 1.85 bits per heavy atom. The van der Waals surface area contributed by atoms with Crippen LogP contribution in [-0.2, 0) is 0 Å². The van der Waals surface area contributed by atoms with Crippen LogP contribution in [-0.4, -0.2) is 36.1 Å². The zero-order valence-corrected chi connectivity index (χ0v) is 19.4. The van der Waals surface area contributed by atoms with Gasteiger partial charge in [0.05, 0.1) is 31.0 Å². The first kappa shape index (κ1) is 24.0. The Morgan fingerprint density at radius 3 is 2.50 bits per heavy atom. The minimum Gasteiger partial charge on any atom is -0.493 e. The summed E-state index contributed by atoms with van der Waals surface area (Å²) in [4.78, 5) is 12.7. The molecule has 7 nitrogen and oxygen atoms in total. The van der Waals surface area contributed by atoms with Crippen LogP contribution < -0.4 is 20.1 Å². The van der Waals surface area contributed by atoms with Gasteiger partial charge in [0.1, 0.15) is 5.82 Å². The van der Waals surface area contributed by atoms with Crippen LogP contribution in [0.25, 0.3) is 0 Å². The van der Waals surface area contributed by atoms with E-state index in [2.05, 4.69) is 15.7 Å². The number of nitrogens with zero attached hydrogens (tertiary/aromatic N) is 2. The summed E-state index contributed by atoms with van der Waals surface area (Å²) in [5.74, 6) is 0.195. The number of hydrogen-bond acceptors (Lipinski definition) is 5. The smallest absolute Gasteiger partial charge is 0.410 e. The number of anilines is 2. The molecule has 12 heteroatoms. The van der Waals surface area contributed by atoms with Crippen LogP contribution in [0.3, 0.4) is 0 Å². The van der Waals surface area contributed by atoms with Gasteiger partial charge in [0.15, 0.2) is 23.2 Å². The summed E-state index contributed by atoms with van der Waals surface area (Å²) in [5.41, 5.74) is 0.625. The van der Waals surface area contributed by atoms with Crippen molar-refractivity contribution < 1.29 is 27.4 Å². The monoisotopic (exact) mass is 514 g/mol. The molecule has 2 heterocycles. The summed E-state index contributed by atoms with van der Waals surface area (Å²) >= 11 is 11.9. The maximum Gasteiger partial charge on any atom is 0.410 e. The molecule has 0 aliphatic carbocycles. The molecule has 2 aromatic carbocycles. The third-order valence-electron chi connectivity index (χ3n) is 5.41. The molecule has 3 aromatic rings. The summed E-state index contributed by atoms with van der Waals surface area (Å²) in [5, 5.41) is 10.1. The van der Waals surface area contributed by atoms with E-state index in [-0.39, 0.29) is 28.6 Å². The van der Waals surface area contributed by atoms with Crippen LogP contribution >= 0.6 is 23.2 Å². The quantitative estimate of drug-likeness (QED) is 0.428. The average Bonchev–Trinajstić information content (AvgIpc) is 3.23. The Kier molecular flexibility index (Phi) is 6.55. The van der Waals surface area contributed by atoms with Gasteiger partial charge in [0, 0.05) is 17.5 Å². The molecule has 0 unspecified atom stereocenters. The minimum atomic E-state index is -4.59. The topological polar surface area (TPSA) is 77.4 Å². The van der Waals surface area contributed by atoms with E-state index in [0.717, 1.165) is 4.68 Å². The van der Waals surface area contributed by atoms with Crippen LogP contribution in [0.15, 0.2) is 42.5 Å². The van der Waals surface area contributed by atoms with Crippen molar-refractivity contribution >= 4 is 40.6 Å². The standard InChI is InChI=1S/C22H19Cl2F3N4O3/c1-33-17-6-3-11(7-18(17)34-2)15-9-19(22(25,26)27)31-20(28-15)10-16(30-31)21(32)29-14-5-4-12(23)8-13(14)24/h3-8,10,15,19,28H,9H2,1-2H3,(H,29,32)/t15-,19+/m0/s1. The number of alkyl halides is 3. The van der Waals surface area contributed by atoms with E-state index in [1.165, 1.54) is 38.5 Å². The molecule has 1 aliphatic rings. The fourth-order valence-corrected chi connectivity index (χ4v) is 4.21. The molecule has 180 valence electrons. The predicted molar refractivity (Wildman–Crippen MR) is 122 cm³/mol. The van der Waals surface area contributed by atoms with Gasteiger partial charge >= 0.3 is 6.18 Å². The number of hydrogen-bond donors (Lipinski definition) is 2. The summed E-state index contributed by atoms with van der Waals surface area (Å²) in [6.07, 6.45) is -4.93. The minimum absolute atomic E-state index is 0.0562. The second-order valence-corrected chi connectivity index (χ2v) is 8.39. The number of rotatable bonds is 5. The highest BCUT2D eigenvalue weighted by atomic mass is 35.5. The molecule has 0 saturated heterocycles. The van der Waals surface area contributed by atoms with E-state index < -0.39 is 24.2 Å². The van der Waals surface area contributed by atoms with Crippen LogP contribution in [0.4, 0.5) is 24.7 Å². The molecule has 2 atom stereocenters. The first-order valence-corrected chi connectivity index (χ1v) is 10.8. The number of aromatic nitrogens is 2. The number of amides is 1. The maximum atomic E-state index is 14.0. The number of carbonyl (C=O) groups is 1. The number of ether oxygens (including phenoxy) is 2. The van der Waals surface area contributed by atoms with Crippen molar-refractivity contribution in [1.82, 2.24) is 9.78 Å². The van der Waals surface area contributed by atoms with E-state index in [1.54, 1.807) is 18.2 Å². The van der Waals surface area contributed by atoms with Gasteiger partial charge in [-0.25, -0.2) is 4.68 Å². The van der Waals surface area contributed by atoms with Gasteiger partial charge in [-0.2, -0.15) is 18.3 Å². The molecule has 0 fully saturated rings. The molecule has 0 saturated carbocycles. The summed E-state index contributed by atoms with van der Waals surface area (Å²) < 4.78 is 53.1.